The minimum atomic E-state index is -0.164. The number of nitrogens with zero attached hydrogens (tertiary/aromatic N) is 1. The average Bonchev–Trinajstić information content (AvgIpc) is 2.37. The molecule has 5 nitrogen and oxygen atoms in total. The van der Waals surface area contributed by atoms with Gasteiger partial charge in [0, 0.05) is 33.3 Å². The van der Waals surface area contributed by atoms with E-state index in [4.69, 9.17) is 10.5 Å². The molecule has 0 saturated carbocycles. The lowest BCUT2D eigenvalue weighted by molar-refractivity contribution is 0.160. The van der Waals surface area contributed by atoms with E-state index in [-0.39, 0.29) is 12.1 Å². The first-order valence-electron chi connectivity index (χ1n) is 5.91. The van der Waals surface area contributed by atoms with Gasteiger partial charge in [0.05, 0.1) is 6.61 Å². The highest BCUT2D eigenvalue weighted by molar-refractivity contribution is 5.73. The van der Waals surface area contributed by atoms with E-state index in [1.54, 1.807) is 19.1 Å². The molecule has 1 aromatic carbocycles. The van der Waals surface area contributed by atoms with E-state index in [0.29, 0.717) is 19.7 Å². The molecule has 3 N–H and O–H groups in total. The number of amides is 2. The van der Waals surface area contributed by atoms with Crippen molar-refractivity contribution in [1.29, 1.82) is 0 Å². The minimum Gasteiger partial charge on any atom is -0.383 e. The predicted molar refractivity (Wildman–Crippen MR) is 71.2 cm³/mol. The molecule has 1 aromatic rings. The number of hydrogen-bond donors (Lipinski definition) is 2. The third kappa shape index (κ3) is 5.16. The molecule has 0 aromatic heterocycles. The number of ether oxygens (including phenoxy) is 1. The maximum absolute atomic E-state index is 11.8. The van der Waals surface area contributed by atoms with Gasteiger partial charge in [0.1, 0.15) is 0 Å². The van der Waals surface area contributed by atoms with Crippen LogP contribution in [0.3, 0.4) is 0 Å². The molecule has 1 rings (SSSR count). The quantitative estimate of drug-likeness (QED) is 0.786. The first-order valence-corrected chi connectivity index (χ1v) is 5.91. The summed E-state index contributed by atoms with van der Waals surface area (Å²) in [6.45, 7) is 1.42. The van der Waals surface area contributed by atoms with Gasteiger partial charge >= 0.3 is 6.03 Å². The molecular formula is C13H21N3O2. The Labute approximate surface area is 108 Å². The molecule has 0 fully saturated rings. The van der Waals surface area contributed by atoms with Gasteiger partial charge in [-0.25, -0.2) is 4.79 Å². The van der Waals surface area contributed by atoms with E-state index < -0.39 is 0 Å². The molecule has 0 radical (unpaired) electrons. The SMILES string of the molecule is COCC(N)CN(C)C(=O)NCc1ccccc1. The molecular weight excluding hydrogens is 230 g/mol. The summed E-state index contributed by atoms with van der Waals surface area (Å²) >= 11 is 0. The van der Waals surface area contributed by atoms with Crippen LogP contribution in [0.15, 0.2) is 30.3 Å². The summed E-state index contributed by atoms with van der Waals surface area (Å²) in [7, 11) is 3.31. The Bertz CT molecular complexity index is 357. The molecule has 100 valence electrons. The number of carbonyl (C=O) groups is 1. The number of methoxy groups -OCH3 is 1. The Balaban J connectivity index is 2.32. The largest absolute Gasteiger partial charge is 0.383 e. The molecule has 2 amide bonds. The van der Waals surface area contributed by atoms with Gasteiger partial charge in [-0.15, -0.1) is 0 Å². The molecule has 5 heteroatoms. The van der Waals surface area contributed by atoms with E-state index >= 15 is 0 Å². The van der Waals surface area contributed by atoms with Crippen LogP contribution in [0.2, 0.25) is 0 Å². The summed E-state index contributed by atoms with van der Waals surface area (Å²) in [5.41, 5.74) is 6.85. The molecule has 0 saturated heterocycles. The fourth-order valence-corrected chi connectivity index (χ4v) is 1.61. The van der Waals surface area contributed by atoms with Crippen LogP contribution in [0, 0.1) is 0 Å². The number of likely N-dealkylation sites (N-methyl/N-ethyl adjacent to an activating group) is 1. The minimum absolute atomic E-state index is 0.134. The van der Waals surface area contributed by atoms with Gasteiger partial charge < -0.3 is 20.7 Å². The Hall–Kier alpha value is -1.59. The zero-order chi connectivity index (χ0) is 13.4. The summed E-state index contributed by atoms with van der Waals surface area (Å²) in [6.07, 6.45) is 0. The molecule has 0 bridgehead atoms. The lowest BCUT2D eigenvalue weighted by Gasteiger charge is -2.21. The molecule has 0 spiro atoms. The molecule has 1 unspecified atom stereocenters. The Morgan fingerprint density at radius 3 is 2.72 bits per heavy atom. The molecule has 18 heavy (non-hydrogen) atoms. The fraction of sp³-hybridized carbons (Fsp3) is 0.462. The van der Waals surface area contributed by atoms with Crippen molar-refractivity contribution in [1.82, 2.24) is 10.2 Å². The number of rotatable bonds is 6. The zero-order valence-corrected chi connectivity index (χ0v) is 10.9. The molecule has 0 aliphatic carbocycles. The van der Waals surface area contributed by atoms with Gasteiger partial charge in [-0.3, -0.25) is 0 Å². The van der Waals surface area contributed by atoms with Crippen LogP contribution < -0.4 is 11.1 Å². The second-order valence-electron chi connectivity index (χ2n) is 4.24. The number of hydrogen-bond acceptors (Lipinski definition) is 3. The zero-order valence-electron chi connectivity index (χ0n) is 10.9. The second-order valence-corrected chi connectivity index (χ2v) is 4.24. The van der Waals surface area contributed by atoms with Crippen LogP contribution in [0.4, 0.5) is 4.79 Å². The highest BCUT2D eigenvalue weighted by Gasteiger charge is 2.11. The Morgan fingerprint density at radius 2 is 2.11 bits per heavy atom. The van der Waals surface area contributed by atoms with Gasteiger partial charge in [-0.2, -0.15) is 0 Å². The first-order chi connectivity index (χ1) is 8.63. The third-order valence-corrected chi connectivity index (χ3v) is 2.52. The van der Waals surface area contributed by atoms with E-state index in [1.165, 1.54) is 0 Å². The fourth-order valence-electron chi connectivity index (χ4n) is 1.61. The number of nitrogens with two attached hydrogens (primary N) is 1. The number of carbonyl (C=O) groups excluding carboxylic acids is 1. The van der Waals surface area contributed by atoms with E-state index in [0.717, 1.165) is 5.56 Å². The van der Waals surface area contributed by atoms with Crippen molar-refractivity contribution in [2.45, 2.75) is 12.6 Å². The van der Waals surface area contributed by atoms with Crippen molar-refractivity contribution < 1.29 is 9.53 Å². The van der Waals surface area contributed by atoms with Crippen LogP contribution in [0.1, 0.15) is 5.56 Å². The molecule has 0 aliphatic heterocycles. The van der Waals surface area contributed by atoms with Crippen LogP contribution in [0.25, 0.3) is 0 Å². The highest BCUT2D eigenvalue weighted by Crippen LogP contribution is 1.98. The van der Waals surface area contributed by atoms with Gasteiger partial charge in [0.2, 0.25) is 0 Å². The molecule has 1 atom stereocenters. The van der Waals surface area contributed by atoms with Crippen molar-refractivity contribution in [3.05, 3.63) is 35.9 Å². The van der Waals surface area contributed by atoms with Crippen LogP contribution in [-0.2, 0) is 11.3 Å². The van der Waals surface area contributed by atoms with E-state index in [9.17, 15) is 4.79 Å². The Morgan fingerprint density at radius 1 is 1.44 bits per heavy atom. The second kappa shape index (κ2) is 7.68. The first kappa shape index (κ1) is 14.5. The van der Waals surface area contributed by atoms with Crippen molar-refractivity contribution in [3.8, 4) is 0 Å². The summed E-state index contributed by atoms with van der Waals surface area (Å²) in [4.78, 5) is 13.3. The van der Waals surface area contributed by atoms with Gasteiger partial charge in [-0.1, -0.05) is 30.3 Å². The smallest absolute Gasteiger partial charge is 0.317 e. The number of benzene rings is 1. The lowest BCUT2D eigenvalue weighted by atomic mass is 10.2. The summed E-state index contributed by atoms with van der Waals surface area (Å²) in [5.74, 6) is 0. The predicted octanol–water partition coefficient (Wildman–Crippen LogP) is 0.802. The van der Waals surface area contributed by atoms with Crippen LogP contribution >= 0.6 is 0 Å². The van der Waals surface area contributed by atoms with Gasteiger partial charge in [0.15, 0.2) is 0 Å². The highest BCUT2D eigenvalue weighted by atomic mass is 16.5. The van der Waals surface area contributed by atoms with Crippen molar-refractivity contribution >= 4 is 6.03 Å². The third-order valence-electron chi connectivity index (χ3n) is 2.52. The topological polar surface area (TPSA) is 67.6 Å². The summed E-state index contributed by atoms with van der Waals surface area (Å²) < 4.78 is 4.93. The molecule has 0 aliphatic rings. The maximum Gasteiger partial charge on any atom is 0.317 e. The van der Waals surface area contributed by atoms with Crippen LogP contribution in [-0.4, -0.2) is 44.3 Å². The van der Waals surface area contributed by atoms with Crippen LogP contribution in [0.5, 0.6) is 0 Å². The average molecular weight is 251 g/mol. The monoisotopic (exact) mass is 251 g/mol. The number of urea groups is 1. The molecule has 0 heterocycles. The number of nitrogens with one attached hydrogen (secondary N) is 1. The lowest BCUT2D eigenvalue weighted by Crippen LogP contribution is -2.45. The van der Waals surface area contributed by atoms with Crippen molar-refractivity contribution in [2.24, 2.45) is 5.73 Å². The van der Waals surface area contributed by atoms with E-state index in [1.807, 2.05) is 30.3 Å². The van der Waals surface area contributed by atoms with Crippen molar-refractivity contribution in [3.63, 3.8) is 0 Å². The summed E-state index contributed by atoms with van der Waals surface area (Å²) in [5, 5.41) is 2.84. The normalized spacial score (nSPS) is 11.9. The van der Waals surface area contributed by atoms with Gasteiger partial charge in [-0.05, 0) is 5.56 Å². The van der Waals surface area contributed by atoms with E-state index in [2.05, 4.69) is 5.32 Å². The maximum atomic E-state index is 11.8. The van der Waals surface area contributed by atoms with Crippen molar-refractivity contribution in [2.75, 3.05) is 27.3 Å². The van der Waals surface area contributed by atoms with Gasteiger partial charge in [0.25, 0.3) is 0 Å². The standard InChI is InChI=1S/C13H21N3O2/c1-16(9-12(14)10-18-2)13(17)15-8-11-6-4-3-5-7-11/h3-7,12H,8-10,14H2,1-2H3,(H,15,17). The summed E-state index contributed by atoms with van der Waals surface area (Å²) in [6, 6.07) is 9.47. The Kier molecular flexibility index (Phi) is 6.18.